The van der Waals surface area contributed by atoms with Crippen LogP contribution in [0.3, 0.4) is 0 Å². The van der Waals surface area contributed by atoms with Crippen LogP contribution < -0.4 is 0 Å². The molecule has 1 aliphatic heterocycles. The zero-order valence-corrected chi connectivity index (χ0v) is 6.74. The van der Waals surface area contributed by atoms with E-state index in [4.69, 9.17) is 6.42 Å². The van der Waals surface area contributed by atoms with Crippen LogP contribution in [0.2, 0.25) is 0 Å². The first-order valence-electron chi connectivity index (χ1n) is 3.17. The molecule has 0 saturated carbocycles. The molecule has 0 bridgehead atoms. The Balaban J connectivity index is 2.85. The van der Waals surface area contributed by atoms with Crippen LogP contribution in [-0.4, -0.2) is 22.7 Å². The molecule has 1 heterocycles. The van der Waals surface area contributed by atoms with Crippen molar-refractivity contribution in [2.24, 2.45) is 0 Å². The van der Waals surface area contributed by atoms with Crippen LogP contribution in [0.25, 0.3) is 0 Å². The Kier molecular flexibility index (Phi) is 2.42. The Hall–Kier alpha value is -0.390. The maximum absolute atomic E-state index is 9.30. The van der Waals surface area contributed by atoms with Gasteiger partial charge in [0.15, 0.2) is 0 Å². The first kappa shape index (κ1) is 7.71. The molecule has 2 heteroatoms. The topological polar surface area (TPSA) is 20.2 Å². The van der Waals surface area contributed by atoms with E-state index in [-0.39, 0.29) is 6.10 Å². The van der Waals surface area contributed by atoms with Crippen molar-refractivity contribution < 1.29 is 5.11 Å². The first-order valence-corrected chi connectivity index (χ1v) is 4.33. The van der Waals surface area contributed by atoms with Crippen molar-refractivity contribution in [3.8, 4) is 12.3 Å². The molecule has 1 N–H and O–H groups in total. The molecule has 0 spiro atoms. The van der Waals surface area contributed by atoms with Gasteiger partial charge < -0.3 is 5.11 Å². The highest BCUT2D eigenvalue weighted by molar-refractivity contribution is 7.99. The maximum atomic E-state index is 9.30. The summed E-state index contributed by atoms with van der Waals surface area (Å²) in [6, 6.07) is 0. The lowest BCUT2D eigenvalue weighted by molar-refractivity contribution is 0.234. The quantitative estimate of drug-likeness (QED) is 0.526. The number of aliphatic hydroxyl groups excluding tert-OH is 1. The van der Waals surface area contributed by atoms with Gasteiger partial charge in [0.1, 0.15) is 0 Å². The van der Waals surface area contributed by atoms with E-state index in [1.54, 1.807) is 11.8 Å². The van der Waals surface area contributed by atoms with Crippen molar-refractivity contribution in [2.45, 2.75) is 13.0 Å². The van der Waals surface area contributed by atoms with Crippen LogP contribution in [-0.2, 0) is 0 Å². The lowest BCUT2D eigenvalue weighted by atomic mass is 10.1. The zero-order chi connectivity index (χ0) is 7.56. The Morgan fingerprint density at radius 1 is 1.80 bits per heavy atom. The molecule has 0 aliphatic carbocycles. The fourth-order valence-electron chi connectivity index (χ4n) is 0.868. The van der Waals surface area contributed by atoms with Gasteiger partial charge in [-0.1, -0.05) is 5.92 Å². The standard InChI is InChI=1S/C8H10OS/c1-3-7-4-10-5-8(9)6(7)2/h1,8-9H,4-5H2,2H3. The van der Waals surface area contributed by atoms with E-state index in [0.717, 1.165) is 22.7 Å². The molecule has 1 rings (SSSR count). The summed E-state index contributed by atoms with van der Waals surface area (Å²) in [5.41, 5.74) is 1.94. The van der Waals surface area contributed by atoms with E-state index in [0.29, 0.717) is 0 Å². The van der Waals surface area contributed by atoms with Crippen LogP contribution >= 0.6 is 11.8 Å². The summed E-state index contributed by atoms with van der Waals surface area (Å²) in [7, 11) is 0. The van der Waals surface area contributed by atoms with Crippen molar-refractivity contribution in [3.63, 3.8) is 0 Å². The summed E-state index contributed by atoms with van der Waals surface area (Å²) in [5, 5.41) is 9.30. The maximum Gasteiger partial charge on any atom is 0.0850 e. The number of thioether (sulfide) groups is 1. The molecule has 0 aromatic heterocycles. The lowest BCUT2D eigenvalue weighted by Crippen LogP contribution is -2.18. The highest BCUT2D eigenvalue weighted by atomic mass is 32.2. The molecule has 0 aromatic carbocycles. The number of rotatable bonds is 0. The number of terminal acetylenes is 1. The number of hydrogen-bond acceptors (Lipinski definition) is 2. The Bertz CT molecular complexity index is 200. The second-order valence-electron chi connectivity index (χ2n) is 2.34. The van der Waals surface area contributed by atoms with Gasteiger partial charge in [-0.2, -0.15) is 11.8 Å². The van der Waals surface area contributed by atoms with Crippen molar-refractivity contribution in [3.05, 3.63) is 11.1 Å². The molecule has 0 amide bonds. The third kappa shape index (κ3) is 1.36. The predicted molar refractivity (Wildman–Crippen MR) is 44.9 cm³/mol. The monoisotopic (exact) mass is 154 g/mol. The van der Waals surface area contributed by atoms with Crippen LogP contribution in [0.5, 0.6) is 0 Å². The summed E-state index contributed by atoms with van der Waals surface area (Å²) in [6.07, 6.45) is 4.91. The zero-order valence-electron chi connectivity index (χ0n) is 5.92. The van der Waals surface area contributed by atoms with Crippen LogP contribution in [0.4, 0.5) is 0 Å². The second kappa shape index (κ2) is 3.14. The van der Waals surface area contributed by atoms with Crippen molar-refractivity contribution in [1.29, 1.82) is 0 Å². The van der Waals surface area contributed by atoms with Crippen molar-refractivity contribution >= 4 is 11.8 Å². The molecule has 1 aliphatic rings. The molecule has 1 atom stereocenters. The van der Waals surface area contributed by atoms with E-state index in [9.17, 15) is 5.11 Å². The normalized spacial score (nSPS) is 26.3. The third-order valence-electron chi connectivity index (χ3n) is 1.67. The molecule has 0 aromatic rings. The fourth-order valence-corrected chi connectivity index (χ4v) is 1.97. The molecule has 0 fully saturated rings. The molecule has 0 radical (unpaired) electrons. The minimum absolute atomic E-state index is 0.315. The van der Waals surface area contributed by atoms with E-state index >= 15 is 0 Å². The van der Waals surface area contributed by atoms with Crippen LogP contribution in [0.1, 0.15) is 6.92 Å². The number of aliphatic hydroxyl groups is 1. The molecule has 1 nitrogen and oxygen atoms in total. The van der Waals surface area contributed by atoms with E-state index < -0.39 is 0 Å². The average molecular weight is 154 g/mol. The summed E-state index contributed by atoms with van der Waals surface area (Å²) in [6.45, 7) is 1.90. The highest BCUT2D eigenvalue weighted by Gasteiger charge is 2.15. The molecular formula is C8H10OS. The van der Waals surface area contributed by atoms with E-state index in [1.165, 1.54) is 0 Å². The Labute approximate surface area is 65.5 Å². The smallest absolute Gasteiger partial charge is 0.0850 e. The highest BCUT2D eigenvalue weighted by Crippen LogP contribution is 2.22. The lowest BCUT2D eigenvalue weighted by Gasteiger charge is -2.18. The van der Waals surface area contributed by atoms with Crippen LogP contribution in [0, 0.1) is 12.3 Å². The summed E-state index contributed by atoms with van der Waals surface area (Å²) < 4.78 is 0. The van der Waals surface area contributed by atoms with Gasteiger partial charge in [0, 0.05) is 17.1 Å². The molecular weight excluding hydrogens is 144 g/mol. The average Bonchev–Trinajstić information content (AvgIpc) is 1.95. The van der Waals surface area contributed by atoms with Crippen molar-refractivity contribution in [1.82, 2.24) is 0 Å². The fraction of sp³-hybridized carbons (Fsp3) is 0.500. The largest absolute Gasteiger partial charge is 0.388 e. The van der Waals surface area contributed by atoms with Gasteiger partial charge >= 0.3 is 0 Å². The molecule has 0 saturated heterocycles. The third-order valence-corrected chi connectivity index (χ3v) is 2.72. The van der Waals surface area contributed by atoms with Crippen LogP contribution in [0.15, 0.2) is 11.1 Å². The van der Waals surface area contributed by atoms with Gasteiger partial charge in [-0.3, -0.25) is 0 Å². The molecule has 10 heavy (non-hydrogen) atoms. The SMILES string of the molecule is C#CC1=C(C)C(O)CSC1. The van der Waals surface area contributed by atoms with Crippen molar-refractivity contribution in [2.75, 3.05) is 11.5 Å². The van der Waals surface area contributed by atoms with Gasteiger partial charge in [-0.15, -0.1) is 6.42 Å². The predicted octanol–water partition coefficient (Wildman–Crippen LogP) is 1.04. The van der Waals surface area contributed by atoms with Gasteiger partial charge in [-0.05, 0) is 12.5 Å². The van der Waals surface area contributed by atoms with E-state index in [2.05, 4.69) is 5.92 Å². The number of hydrogen-bond donors (Lipinski definition) is 1. The Morgan fingerprint density at radius 3 is 3.00 bits per heavy atom. The van der Waals surface area contributed by atoms with Gasteiger partial charge in [-0.25, -0.2) is 0 Å². The molecule has 54 valence electrons. The first-order chi connectivity index (χ1) is 4.75. The van der Waals surface area contributed by atoms with E-state index in [1.807, 2.05) is 6.92 Å². The minimum Gasteiger partial charge on any atom is -0.388 e. The summed E-state index contributed by atoms with van der Waals surface area (Å²) >= 11 is 1.69. The molecule has 1 unspecified atom stereocenters. The minimum atomic E-state index is -0.315. The summed E-state index contributed by atoms with van der Waals surface area (Å²) in [5.74, 6) is 4.26. The van der Waals surface area contributed by atoms with Gasteiger partial charge in [0.2, 0.25) is 0 Å². The summed E-state index contributed by atoms with van der Waals surface area (Å²) in [4.78, 5) is 0. The van der Waals surface area contributed by atoms with Gasteiger partial charge in [0.05, 0.1) is 6.10 Å². The second-order valence-corrected chi connectivity index (χ2v) is 3.37. The van der Waals surface area contributed by atoms with Gasteiger partial charge in [0.25, 0.3) is 0 Å². The Morgan fingerprint density at radius 2 is 2.50 bits per heavy atom.